The van der Waals surface area contributed by atoms with Crippen molar-refractivity contribution in [3.63, 3.8) is 0 Å². The molecule has 7 heteroatoms. The van der Waals surface area contributed by atoms with Crippen LogP contribution in [0.2, 0.25) is 0 Å². The van der Waals surface area contributed by atoms with Crippen LogP contribution in [0, 0.1) is 0 Å². The molecular weight excluding hydrogens is 370 g/mol. The first-order chi connectivity index (χ1) is 14.0. The smallest absolute Gasteiger partial charge is 0.306 e. The average Bonchev–Trinajstić information content (AvgIpc) is 2.70. The number of para-hydroxylation sites is 1. The van der Waals surface area contributed by atoms with Crippen molar-refractivity contribution in [1.82, 2.24) is 14.9 Å². The highest BCUT2D eigenvalue weighted by atomic mass is 16.5. The summed E-state index contributed by atoms with van der Waals surface area (Å²) in [6.45, 7) is -0.264. The highest BCUT2D eigenvalue weighted by Crippen LogP contribution is 2.17. The van der Waals surface area contributed by atoms with Crippen molar-refractivity contribution in [1.29, 1.82) is 0 Å². The number of rotatable bonds is 6. The highest BCUT2D eigenvalue weighted by Gasteiger charge is 2.16. The molecule has 1 heterocycles. The number of benzene rings is 1. The number of amides is 1. The maximum absolute atomic E-state index is 12.4. The van der Waals surface area contributed by atoms with Crippen molar-refractivity contribution in [3.8, 4) is 0 Å². The lowest BCUT2D eigenvalue weighted by atomic mass is 9.97. The van der Waals surface area contributed by atoms with E-state index in [-0.39, 0.29) is 37.0 Å². The Morgan fingerprint density at radius 3 is 2.59 bits per heavy atom. The minimum Gasteiger partial charge on any atom is -0.456 e. The molecule has 1 aliphatic rings. The van der Waals surface area contributed by atoms with Gasteiger partial charge in [-0.1, -0.05) is 44.2 Å². The standard InChI is InChI=1S/C22H29N3O4/c1-25-19(24-18-12-8-7-11-17(18)22(25)28)13-14-21(27)29-15-20(26)23-16-9-5-3-2-4-6-10-16/h7-8,11-12,16H,2-6,9-10,13-15H2,1H3,(H,23,26). The van der Waals surface area contributed by atoms with Crippen molar-refractivity contribution in [2.75, 3.05) is 6.61 Å². The van der Waals surface area contributed by atoms with Gasteiger partial charge in [0.1, 0.15) is 5.82 Å². The van der Waals surface area contributed by atoms with Gasteiger partial charge in [-0.05, 0) is 25.0 Å². The van der Waals surface area contributed by atoms with Crippen molar-refractivity contribution in [3.05, 3.63) is 40.4 Å². The quantitative estimate of drug-likeness (QED) is 0.754. The number of nitrogens with one attached hydrogen (secondary N) is 1. The second kappa shape index (κ2) is 10.2. The number of hydrogen-bond acceptors (Lipinski definition) is 5. The van der Waals surface area contributed by atoms with Gasteiger partial charge in [-0.2, -0.15) is 0 Å². The monoisotopic (exact) mass is 399 g/mol. The van der Waals surface area contributed by atoms with Crippen LogP contribution in [0.4, 0.5) is 0 Å². The Bertz CT molecular complexity index is 914. The molecule has 0 unspecified atom stereocenters. The van der Waals surface area contributed by atoms with E-state index < -0.39 is 5.97 Å². The van der Waals surface area contributed by atoms with Gasteiger partial charge in [0.25, 0.3) is 11.5 Å². The molecule has 0 aliphatic heterocycles. The molecule has 7 nitrogen and oxygen atoms in total. The van der Waals surface area contributed by atoms with Crippen molar-refractivity contribution >= 4 is 22.8 Å². The van der Waals surface area contributed by atoms with E-state index in [0.717, 1.165) is 25.7 Å². The molecule has 1 N–H and O–H groups in total. The largest absolute Gasteiger partial charge is 0.456 e. The summed E-state index contributed by atoms with van der Waals surface area (Å²) in [6, 6.07) is 7.30. The Balaban J connectivity index is 1.47. The molecule has 0 saturated heterocycles. The Hall–Kier alpha value is -2.70. The molecule has 1 aromatic carbocycles. The third-order valence-corrected chi connectivity index (χ3v) is 5.46. The topological polar surface area (TPSA) is 90.3 Å². The number of fused-ring (bicyclic) bond motifs is 1. The van der Waals surface area contributed by atoms with Gasteiger partial charge in [-0.15, -0.1) is 0 Å². The Morgan fingerprint density at radius 2 is 1.83 bits per heavy atom. The number of carbonyl (C=O) groups excluding carboxylic acids is 2. The van der Waals surface area contributed by atoms with Crippen LogP contribution in [0.1, 0.15) is 57.2 Å². The lowest BCUT2D eigenvalue weighted by Crippen LogP contribution is -2.38. The van der Waals surface area contributed by atoms with Gasteiger partial charge in [0, 0.05) is 19.5 Å². The molecular formula is C22H29N3O4. The summed E-state index contributed by atoms with van der Waals surface area (Å²) < 4.78 is 6.57. The highest BCUT2D eigenvalue weighted by molar-refractivity contribution is 5.81. The second-order valence-corrected chi connectivity index (χ2v) is 7.68. The lowest BCUT2D eigenvalue weighted by Gasteiger charge is -2.20. The van der Waals surface area contributed by atoms with Gasteiger partial charge in [0.2, 0.25) is 0 Å². The number of esters is 1. The fourth-order valence-electron chi connectivity index (χ4n) is 3.79. The molecule has 1 aromatic heterocycles. The van der Waals surface area contributed by atoms with Gasteiger partial charge in [0.15, 0.2) is 6.61 Å². The van der Waals surface area contributed by atoms with Crippen molar-refractivity contribution in [2.24, 2.45) is 7.05 Å². The predicted octanol–water partition coefficient (Wildman–Crippen LogP) is 2.64. The van der Waals surface area contributed by atoms with E-state index in [1.807, 2.05) is 6.07 Å². The van der Waals surface area contributed by atoms with Gasteiger partial charge < -0.3 is 10.1 Å². The molecule has 2 aromatic rings. The number of ether oxygens (including phenoxy) is 1. The first-order valence-electron chi connectivity index (χ1n) is 10.4. The first-order valence-corrected chi connectivity index (χ1v) is 10.4. The third kappa shape index (κ3) is 5.89. The average molecular weight is 399 g/mol. The van der Waals surface area contributed by atoms with Crippen LogP contribution in [0.5, 0.6) is 0 Å². The summed E-state index contributed by atoms with van der Waals surface area (Å²) >= 11 is 0. The third-order valence-electron chi connectivity index (χ3n) is 5.46. The van der Waals surface area contributed by atoms with E-state index in [1.54, 1.807) is 25.2 Å². The van der Waals surface area contributed by atoms with Gasteiger partial charge in [-0.25, -0.2) is 4.98 Å². The minimum absolute atomic E-state index is 0.0648. The van der Waals surface area contributed by atoms with E-state index in [0.29, 0.717) is 16.7 Å². The Morgan fingerprint density at radius 1 is 1.14 bits per heavy atom. The fourth-order valence-corrected chi connectivity index (χ4v) is 3.79. The zero-order valence-corrected chi connectivity index (χ0v) is 17.0. The molecule has 1 aliphatic carbocycles. The normalized spacial score (nSPS) is 15.5. The molecule has 29 heavy (non-hydrogen) atoms. The van der Waals surface area contributed by atoms with E-state index in [2.05, 4.69) is 10.3 Å². The van der Waals surface area contributed by atoms with E-state index in [4.69, 9.17) is 4.74 Å². The molecule has 0 atom stereocenters. The number of aromatic nitrogens is 2. The van der Waals surface area contributed by atoms with Crippen LogP contribution in [0.3, 0.4) is 0 Å². The summed E-state index contributed by atoms with van der Waals surface area (Å²) in [4.78, 5) is 41.0. The molecule has 0 radical (unpaired) electrons. The molecule has 1 fully saturated rings. The number of aryl methyl sites for hydroxylation is 1. The molecule has 0 spiro atoms. The molecule has 0 bridgehead atoms. The van der Waals surface area contributed by atoms with Crippen LogP contribution in [0.25, 0.3) is 10.9 Å². The maximum Gasteiger partial charge on any atom is 0.306 e. The summed E-state index contributed by atoms with van der Waals surface area (Å²) in [5.41, 5.74) is 0.468. The van der Waals surface area contributed by atoms with Gasteiger partial charge >= 0.3 is 5.97 Å². The van der Waals surface area contributed by atoms with Crippen LogP contribution in [-0.2, 0) is 27.8 Å². The Labute approximate surface area is 170 Å². The summed E-state index contributed by atoms with van der Waals surface area (Å²) in [6.07, 6.45) is 8.28. The number of hydrogen-bond donors (Lipinski definition) is 1. The second-order valence-electron chi connectivity index (χ2n) is 7.68. The SMILES string of the molecule is Cn1c(CCC(=O)OCC(=O)NC2CCCCCCC2)nc2ccccc2c1=O. The number of nitrogens with zero attached hydrogens (tertiary/aromatic N) is 2. The summed E-state index contributed by atoms with van der Waals surface area (Å²) in [7, 11) is 1.64. The molecule has 1 amide bonds. The molecule has 1 saturated carbocycles. The van der Waals surface area contributed by atoms with Crippen molar-refractivity contribution in [2.45, 2.75) is 63.8 Å². The summed E-state index contributed by atoms with van der Waals surface area (Å²) in [5, 5.41) is 3.53. The zero-order chi connectivity index (χ0) is 20.6. The zero-order valence-electron chi connectivity index (χ0n) is 17.0. The van der Waals surface area contributed by atoms with Gasteiger partial charge in [-0.3, -0.25) is 19.0 Å². The van der Waals surface area contributed by atoms with E-state index in [9.17, 15) is 14.4 Å². The Kier molecular flexibility index (Phi) is 7.38. The first kappa shape index (κ1) is 21.0. The van der Waals surface area contributed by atoms with Gasteiger partial charge in [0.05, 0.1) is 17.3 Å². The lowest BCUT2D eigenvalue weighted by molar-refractivity contribution is -0.148. The predicted molar refractivity (Wildman–Crippen MR) is 111 cm³/mol. The van der Waals surface area contributed by atoms with Crippen LogP contribution >= 0.6 is 0 Å². The van der Waals surface area contributed by atoms with E-state index >= 15 is 0 Å². The van der Waals surface area contributed by atoms with Crippen LogP contribution in [0.15, 0.2) is 29.1 Å². The van der Waals surface area contributed by atoms with E-state index in [1.165, 1.54) is 23.8 Å². The summed E-state index contributed by atoms with van der Waals surface area (Å²) in [5.74, 6) is -0.204. The van der Waals surface area contributed by atoms with Crippen molar-refractivity contribution < 1.29 is 14.3 Å². The minimum atomic E-state index is -0.472. The van der Waals surface area contributed by atoms with Crippen LogP contribution in [-0.4, -0.2) is 34.1 Å². The fraction of sp³-hybridized carbons (Fsp3) is 0.545. The maximum atomic E-state index is 12.4. The molecule has 3 rings (SSSR count). The number of carbonyl (C=O) groups is 2. The van der Waals surface area contributed by atoms with Crippen LogP contribution < -0.4 is 10.9 Å². The molecule has 156 valence electrons.